The molecular formula is C25H26ClFN2O6. The van der Waals surface area contributed by atoms with Gasteiger partial charge in [-0.05, 0) is 60.2 Å². The summed E-state index contributed by atoms with van der Waals surface area (Å²) in [5.74, 6) is -4.47. The maximum atomic E-state index is 14.2. The molecule has 0 bridgehead atoms. The Balaban J connectivity index is 1.81. The minimum Gasteiger partial charge on any atom is -0.496 e. The van der Waals surface area contributed by atoms with E-state index < -0.39 is 53.5 Å². The van der Waals surface area contributed by atoms with Crippen molar-refractivity contribution < 1.29 is 33.4 Å². The van der Waals surface area contributed by atoms with Gasteiger partial charge in [-0.3, -0.25) is 19.3 Å². The number of imide groups is 1. The first-order valence-electron chi connectivity index (χ1n) is 11.1. The van der Waals surface area contributed by atoms with Crippen molar-refractivity contribution in [3.63, 3.8) is 0 Å². The zero-order valence-electron chi connectivity index (χ0n) is 19.3. The van der Waals surface area contributed by atoms with Crippen molar-refractivity contribution in [3.05, 3.63) is 63.9 Å². The average molecular weight is 505 g/mol. The van der Waals surface area contributed by atoms with Crippen molar-refractivity contribution in [3.8, 4) is 5.75 Å². The second-order valence-corrected chi connectivity index (χ2v) is 8.77. The Labute approximate surface area is 207 Å². The monoisotopic (exact) mass is 504 g/mol. The number of carboxylic acids is 1. The lowest BCUT2D eigenvalue weighted by Gasteiger charge is -2.24. The fraction of sp³-hybridized carbons (Fsp3) is 0.360. The van der Waals surface area contributed by atoms with Crippen LogP contribution in [0.5, 0.6) is 5.75 Å². The molecule has 1 aliphatic rings. The zero-order chi connectivity index (χ0) is 25.7. The van der Waals surface area contributed by atoms with Gasteiger partial charge in [0.25, 0.3) is 0 Å². The first kappa shape index (κ1) is 26.2. The van der Waals surface area contributed by atoms with Gasteiger partial charge in [0.2, 0.25) is 17.7 Å². The number of rotatable bonds is 8. The van der Waals surface area contributed by atoms with Gasteiger partial charge in [0.1, 0.15) is 18.1 Å². The number of nitrogens with zero attached hydrogens (tertiary/aromatic N) is 1. The third kappa shape index (κ3) is 6.16. The van der Waals surface area contributed by atoms with E-state index >= 15 is 0 Å². The van der Waals surface area contributed by atoms with Crippen LogP contribution >= 0.6 is 11.6 Å². The SMILES string of the molecule is CC[C@@H](CC(=O)N1CC(=O)NC[C@@H](Cc2cc(Cl)ccc2OC)C1=O)c1ccc(C(=O)O)c(F)c1. The topological polar surface area (TPSA) is 113 Å². The van der Waals surface area contributed by atoms with Gasteiger partial charge in [-0.25, -0.2) is 9.18 Å². The lowest BCUT2D eigenvalue weighted by Crippen LogP contribution is -2.43. The lowest BCUT2D eigenvalue weighted by molar-refractivity contribution is -0.148. The molecule has 35 heavy (non-hydrogen) atoms. The van der Waals surface area contributed by atoms with Crippen molar-refractivity contribution in [2.75, 3.05) is 20.2 Å². The Kier molecular flexibility index (Phi) is 8.45. The van der Waals surface area contributed by atoms with Gasteiger partial charge in [-0.1, -0.05) is 24.6 Å². The standard InChI is InChI=1S/C25H26ClFN2O6/c1-3-14(15-4-6-19(25(33)34)20(27)10-15)11-23(31)29-13-22(30)28-12-17(24(29)32)8-16-9-18(26)5-7-21(16)35-2/h4-7,9-10,14,17H,3,8,11-13H2,1-2H3,(H,28,30)(H,33,34)/t14-,17+/m0/s1. The molecule has 0 radical (unpaired) electrons. The fourth-order valence-corrected chi connectivity index (χ4v) is 4.34. The third-order valence-electron chi connectivity index (χ3n) is 6.08. The Morgan fingerprint density at radius 1 is 1.26 bits per heavy atom. The summed E-state index contributed by atoms with van der Waals surface area (Å²) < 4.78 is 19.5. The molecule has 1 saturated heterocycles. The van der Waals surface area contributed by atoms with Gasteiger partial charge in [0.15, 0.2) is 0 Å². The van der Waals surface area contributed by atoms with Gasteiger partial charge >= 0.3 is 5.97 Å². The van der Waals surface area contributed by atoms with Gasteiger partial charge in [-0.15, -0.1) is 0 Å². The molecule has 8 nitrogen and oxygen atoms in total. The van der Waals surface area contributed by atoms with E-state index in [0.717, 1.165) is 17.0 Å². The molecule has 186 valence electrons. The Bertz CT molecular complexity index is 1150. The molecule has 3 rings (SSSR count). The van der Waals surface area contributed by atoms with Crippen molar-refractivity contribution in [1.29, 1.82) is 0 Å². The highest BCUT2D eigenvalue weighted by Gasteiger charge is 2.35. The summed E-state index contributed by atoms with van der Waals surface area (Å²) in [6.07, 6.45) is 0.495. The Morgan fingerprint density at radius 2 is 2.00 bits per heavy atom. The molecule has 2 aromatic rings. The Hall–Kier alpha value is -3.46. The number of carbonyl (C=O) groups is 4. The number of nitrogens with one attached hydrogen (secondary N) is 1. The highest BCUT2D eigenvalue weighted by atomic mass is 35.5. The molecule has 0 spiro atoms. The molecule has 1 fully saturated rings. The maximum absolute atomic E-state index is 14.2. The fourth-order valence-electron chi connectivity index (χ4n) is 4.14. The third-order valence-corrected chi connectivity index (χ3v) is 6.32. The number of hydrogen-bond acceptors (Lipinski definition) is 5. The predicted molar refractivity (Wildman–Crippen MR) is 126 cm³/mol. The second-order valence-electron chi connectivity index (χ2n) is 8.33. The van der Waals surface area contributed by atoms with E-state index in [-0.39, 0.29) is 19.4 Å². The summed E-state index contributed by atoms with van der Waals surface area (Å²) in [5, 5.41) is 12.2. The molecule has 2 atom stereocenters. The molecule has 2 aromatic carbocycles. The second kappa shape index (κ2) is 11.3. The molecule has 0 saturated carbocycles. The smallest absolute Gasteiger partial charge is 0.338 e. The number of amides is 3. The maximum Gasteiger partial charge on any atom is 0.338 e. The number of aromatic carboxylic acids is 1. The van der Waals surface area contributed by atoms with Crippen molar-refractivity contribution in [2.24, 2.45) is 5.92 Å². The van der Waals surface area contributed by atoms with E-state index in [1.807, 2.05) is 0 Å². The number of ether oxygens (including phenoxy) is 1. The molecule has 0 unspecified atom stereocenters. The number of carboxylic acid groups (broad SMARTS) is 1. The lowest BCUT2D eigenvalue weighted by atomic mass is 9.91. The van der Waals surface area contributed by atoms with E-state index in [1.54, 1.807) is 25.1 Å². The molecule has 1 heterocycles. The summed E-state index contributed by atoms with van der Waals surface area (Å²) in [4.78, 5) is 50.8. The zero-order valence-corrected chi connectivity index (χ0v) is 20.1. The minimum atomic E-state index is -1.39. The molecule has 10 heteroatoms. The molecule has 1 aliphatic heterocycles. The summed E-state index contributed by atoms with van der Waals surface area (Å²) in [6, 6.07) is 8.72. The van der Waals surface area contributed by atoms with E-state index in [1.165, 1.54) is 13.2 Å². The summed E-state index contributed by atoms with van der Waals surface area (Å²) in [6.45, 7) is 1.44. The van der Waals surface area contributed by atoms with Crippen LogP contribution in [0, 0.1) is 11.7 Å². The normalized spacial score (nSPS) is 16.9. The molecule has 0 aromatic heterocycles. The van der Waals surface area contributed by atoms with E-state index in [9.17, 15) is 23.6 Å². The van der Waals surface area contributed by atoms with Gasteiger partial charge in [0.05, 0.1) is 18.6 Å². The number of hydrogen-bond donors (Lipinski definition) is 2. The van der Waals surface area contributed by atoms with Crippen molar-refractivity contribution in [1.82, 2.24) is 10.2 Å². The van der Waals surface area contributed by atoms with Crippen LogP contribution in [0.1, 0.15) is 47.2 Å². The molecule has 3 amide bonds. The molecule has 2 N–H and O–H groups in total. The first-order valence-corrected chi connectivity index (χ1v) is 11.5. The van der Waals surface area contributed by atoms with Crippen LogP contribution < -0.4 is 10.1 Å². The predicted octanol–water partition coefficient (Wildman–Crippen LogP) is 3.41. The largest absolute Gasteiger partial charge is 0.496 e. The van der Waals surface area contributed by atoms with E-state index in [4.69, 9.17) is 21.4 Å². The number of methoxy groups -OCH3 is 1. The number of halogens is 2. The minimum absolute atomic E-state index is 0.0518. The van der Waals surface area contributed by atoms with Gasteiger partial charge in [0, 0.05) is 18.0 Å². The van der Waals surface area contributed by atoms with E-state index in [2.05, 4.69) is 5.32 Å². The summed E-state index contributed by atoms with van der Waals surface area (Å²) in [7, 11) is 1.50. The first-order chi connectivity index (χ1) is 16.6. The van der Waals surface area contributed by atoms with Gasteiger partial charge in [-0.2, -0.15) is 0 Å². The highest BCUT2D eigenvalue weighted by molar-refractivity contribution is 6.30. The van der Waals surface area contributed by atoms with Crippen LogP contribution in [0.4, 0.5) is 4.39 Å². The van der Waals surface area contributed by atoms with Crippen LogP contribution in [-0.2, 0) is 20.8 Å². The number of benzene rings is 2. The van der Waals surface area contributed by atoms with Crippen LogP contribution in [0.25, 0.3) is 0 Å². The number of carbonyl (C=O) groups excluding carboxylic acids is 3. The van der Waals surface area contributed by atoms with Crippen LogP contribution in [0.15, 0.2) is 36.4 Å². The average Bonchev–Trinajstić information content (AvgIpc) is 2.96. The molecular weight excluding hydrogens is 479 g/mol. The molecule has 0 aliphatic carbocycles. The van der Waals surface area contributed by atoms with Crippen LogP contribution in [-0.4, -0.2) is 53.9 Å². The highest BCUT2D eigenvalue weighted by Crippen LogP contribution is 2.29. The quantitative estimate of drug-likeness (QED) is 0.569. The van der Waals surface area contributed by atoms with Crippen LogP contribution in [0.3, 0.4) is 0 Å². The summed E-state index contributed by atoms with van der Waals surface area (Å²) >= 11 is 6.10. The van der Waals surface area contributed by atoms with Gasteiger partial charge < -0.3 is 15.2 Å². The van der Waals surface area contributed by atoms with Crippen molar-refractivity contribution in [2.45, 2.75) is 32.1 Å². The van der Waals surface area contributed by atoms with Crippen molar-refractivity contribution >= 4 is 35.3 Å². The van der Waals surface area contributed by atoms with E-state index in [0.29, 0.717) is 28.3 Å². The summed E-state index contributed by atoms with van der Waals surface area (Å²) in [5.41, 5.74) is 0.645. The Morgan fingerprint density at radius 3 is 2.63 bits per heavy atom. The van der Waals surface area contributed by atoms with Crippen LogP contribution in [0.2, 0.25) is 5.02 Å².